The van der Waals surface area contributed by atoms with E-state index in [9.17, 15) is 0 Å². The minimum Gasteiger partial charge on any atom is -0.355 e. The Morgan fingerprint density at radius 1 is 0.333 bits per heavy atom. The van der Waals surface area contributed by atoms with E-state index in [0.29, 0.717) is 0 Å². The quantitative estimate of drug-likeness (QED) is 0.154. The predicted octanol–water partition coefficient (Wildman–Crippen LogP) is 13.3. The van der Waals surface area contributed by atoms with Gasteiger partial charge >= 0.3 is 0 Å². The molecule has 48 heavy (non-hydrogen) atoms. The van der Waals surface area contributed by atoms with Crippen LogP contribution in [0.15, 0.2) is 164 Å². The maximum absolute atomic E-state index is 3.93. The molecule has 11 aromatic carbocycles. The van der Waals surface area contributed by atoms with E-state index in [1.807, 2.05) is 0 Å². The topological polar surface area (TPSA) is 15.3 Å². The van der Waals surface area contributed by atoms with Crippen molar-refractivity contribution in [3.05, 3.63) is 164 Å². The van der Waals surface area contributed by atoms with E-state index >= 15 is 0 Å². The summed E-state index contributed by atoms with van der Waals surface area (Å²) in [6, 6.07) is 60.0. The maximum atomic E-state index is 3.93. The number of nitrogens with zero attached hydrogens (tertiary/aromatic N) is 1. The van der Waals surface area contributed by atoms with E-state index in [4.69, 9.17) is 0 Å². The van der Waals surface area contributed by atoms with Gasteiger partial charge in [-0.05, 0) is 80.8 Å². The zero-order chi connectivity index (χ0) is 31.3. The molecule has 0 saturated carbocycles. The van der Waals surface area contributed by atoms with Crippen molar-refractivity contribution in [1.29, 1.82) is 0 Å². The van der Waals surface area contributed by atoms with Crippen molar-refractivity contribution in [3.8, 4) is 0 Å². The van der Waals surface area contributed by atoms with Gasteiger partial charge in [-0.1, -0.05) is 115 Å². The Balaban J connectivity index is 1.44. The summed E-state index contributed by atoms with van der Waals surface area (Å²) in [4.78, 5) is 2.48. The first-order valence-corrected chi connectivity index (χ1v) is 16.6. The molecular formula is C46H28N2. The second kappa shape index (κ2) is 9.57. The molecule has 0 heterocycles. The summed E-state index contributed by atoms with van der Waals surface area (Å²) in [6.07, 6.45) is 0. The predicted molar refractivity (Wildman–Crippen MR) is 207 cm³/mol. The molecular weight excluding hydrogens is 581 g/mol. The molecule has 222 valence electrons. The Labute approximate surface area is 277 Å². The van der Waals surface area contributed by atoms with Crippen molar-refractivity contribution in [3.63, 3.8) is 0 Å². The maximum Gasteiger partial charge on any atom is 0.0619 e. The summed E-state index contributed by atoms with van der Waals surface area (Å²) >= 11 is 0. The lowest BCUT2D eigenvalue weighted by atomic mass is 9.81. The molecule has 1 N–H and O–H groups in total. The zero-order valence-electron chi connectivity index (χ0n) is 26.0. The van der Waals surface area contributed by atoms with Crippen LogP contribution in [0.3, 0.4) is 0 Å². The van der Waals surface area contributed by atoms with E-state index in [0.717, 1.165) is 22.7 Å². The monoisotopic (exact) mass is 608 g/mol. The molecule has 0 bridgehead atoms. The Morgan fingerprint density at radius 2 is 0.812 bits per heavy atom. The van der Waals surface area contributed by atoms with Crippen LogP contribution >= 0.6 is 0 Å². The van der Waals surface area contributed by atoms with Crippen LogP contribution in [-0.2, 0) is 0 Å². The fraction of sp³-hybridized carbons (Fsp3) is 0. The molecule has 0 fully saturated rings. The summed E-state index contributed by atoms with van der Waals surface area (Å²) in [6.45, 7) is 0. The first-order chi connectivity index (χ1) is 23.8. The normalized spacial score (nSPS) is 12.2. The largest absolute Gasteiger partial charge is 0.355 e. The van der Waals surface area contributed by atoms with E-state index in [-0.39, 0.29) is 0 Å². The first kappa shape index (κ1) is 25.8. The Hall–Kier alpha value is -6.38. The van der Waals surface area contributed by atoms with Gasteiger partial charge in [0.05, 0.1) is 11.4 Å². The Kier molecular flexibility index (Phi) is 5.14. The number of nitrogens with one attached hydrogen (secondary N) is 1. The van der Waals surface area contributed by atoms with E-state index in [1.54, 1.807) is 0 Å². The first-order valence-electron chi connectivity index (χ1n) is 16.6. The lowest BCUT2D eigenvalue weighted by molar-refractivity contribution is 1.31. The van der Waals surface area contributed by atoms with E-state index in [2.05, 4.69) is 174 Å². The van der Waals surface area contributed by atoms with Gasteiger partial charge in [-0.25, -0.2) is 0 Å². The molecule has 0 spiro atoms. The van der Waals surface area contributed by atoms with Crippen molar-refractivity contribution in [2.45, 2.75) is 0 Å². The molecule has 0 aliphatic rings. The SMILES string of the molecule is c1ccc(Nc2c3ccc4cccc5cc6c(N(c7ccccc7)c7ccccc7)c7ccc8cccc9cc2c(c7c89)c6c3c45)cc1. The van der Waals surface area contributed by atoms with Gasteiger partial charge in [0.2, 0.25) is 0 Å². The van der Waals surface area contributed by atoms with Crippen LogP contribution in [0.2, 0.25) is 0 Å². The lowest BCUT2D eigenvalue weighted by Gasteiger charge is -2.31. The molecule has 11 rings (SSSR count). The number of hydrogen-bond donors (Lipinski definition) is 1. The van der Waals surface area contributed by atoms with Gasteiger partial charge in [0.25, 0.3) is 0 Å². The number of hydrogen-bond acceptors (Lipinski definition) is 2. The van der Waals surface area contributed by atoms with Crippen LogP contribution in [0.1, 0.15) is 0 Å². The van der Waals surface area contributed by atoms with Gasteiger partial charge in [0.1, 0.15) is 0 Å². The molecule has 2 nitrogen and oxygen atoms in total. The molecule has 0 unspecified atom stereocenters. The minimum absolute atomic E-state index is 1.09. The van der Waals surface area contributed by atoms with Crippen LogP contribution in [0, 0.1) is 0 Å². The minimum atomic E-state index is 1.09. The Morgan fingerprint density at radius 3 is 1.44 bits per heavy atom. The third-order valence-electron chi connectivity index (χ3n) is 10.4. The number of rotatable bonds is 5. The van der Waals surface area contributed by atoms with E-state index in [1.165, 1.54) is 81.1 Å². The summed E-state index contributed by atoms with van der Waals surface area (Å²) in [5, 5.41) is 22.0. The second-order valence-corrected chi connectivity index (χ2v) is 13.0. The van der Waals surface area contributed by atoms with Crippen molar-refractivity contribution in [2.24, 2.45) is 0 Å². The molecule has 0 atom stereocenters. The summed E-state index contributed by atoms with van der Waals surface area (Å²) in [7, 11) is 0. The second-order valence-electron chi connectivity index (χ2n) is 13.0. The average Bonchev–Trinajstić information content (AvgIpc) is 3.15. The molecule has 0 aliphatic carbocycles. The lowest BCUT2D eigenvalue weighted by Crippen LogP contribution is -2.11. The third-order valence-corrected chi connectivity index (χ3v) is 10.4. The molecule has 0 saturated heterocycles. The average molecular weight is 609 g/mol. The van der Waals surface area contributed by atoms with Crippen molar-refractivity contribution >= 4 is 104 Å². The molecule has 11 aromatic rings. The van der Waals surface area contributed by atoms with Gasteiger partial charge in [0, 0.05) is 60.2 Å². The molecule has 0 aromatic heterocycles. The van der Waals surface area contributed by atoms with Gasteiger partial charge < -0.3 is 10.2 Å². The van der Waals surface area contributed by atoms with Gasteiger partial charge in [-0.2, -0.15) is 0 Å². The van der Waals surface area contributed by atoms with Crippen LogP contribution in [-0.4, -0.2) is 0 Å². The standard InChI is InChI=1S/C46H28N2/c1-4-16-32(17-5-1)47-45-35-24-22-28-12-11-15-31-27-38-44(41(35)39(28)31)43-37(45)26-30-14-10-13-29-23-25-36(42(43)40(29)30)46(38)48(33-18-6-2-7-19-33)34-20-8-3-9-21-34/h1-27,47H. The number of benzene rings is 11. The molecule has 0 aliphatic heterocycles. The van der Waals surface area contributed by atoms with Crippen molar-refractivity contribution < 1.29 is 0 Å². The summed E-state index contributed by atoms with van der Waals surface area (Å²) in [5.41, 5.74) is 5.75. The van der Waals surface area contributed by atoms with Gasteiger partial charge in [-0.15, -0.1) is 0 Å². The van der Waals surface area contributed by atoms with Crippen LogP contribution in [0.25, 0.3) is 75.4 Å². The van der Waals surface area contributed by atoms with Crippen molar-refractivity contribution in [2.75, 3.05) is 10.2 Å². The van der Waals surface area contributed by atoms with Gasteiger partial charge in [-0.3, -0.25) is 0 Å². The summed E-state index contributed by atoms with van der Waals surface area (Å²) in [5.74, 6) is 0. The zero-order valence-corrected chi connectivity index (χ0v) is 26.0. The van der Waals surface area contributed by atoms with Crippen LogP contribution < -0.4 is 10.2 Å². The highest BCUT2D eigenvalue weighted by molar-refractivity contribution is 6.47. The highest BCUT2D eigenvalue weighted by Crippen LogP contribution is 2.56. The van der Waals surface area contributed by atoms with Crippen LogP contribution in [0.4, 0.5) is 28.4 Å². The molecule has 0 amide bonds. The fourth-order valence-corrected chi connectivity index (χ4v) is 8.50. The van der Waals surface area contributed by atoms with Crippen LogP contribution in [0.5, 0.6) is 0 Å². The van der Waals surface area contributed by atoms with E-state index < -0.39 is 0 Å². The van der Waals surface area contributed by atoms with Crippen molar-refractivity contribution in [1.82, 2.24) is 0 Å². The smallest absolute Gasteiger partial charge is 0.0619 e. The number of para-hydroxylation sites is 3. The van der Waals surface area contributed by atoms with Gasteiger partial charge in [0.15, 0.2) is 0 Å². The fourth-order valence-electron chi connectivity index (χ4n) is 8.50. The molecule has 2 heteroatoms. The third kappa shape index (κ3) is 3.41. The Bertz CT molecular complexity index is 2910. The number of anilines is 5. The highest BCUT2D eigenvalue weighted by Gasteiger charge is 2.28. The summed E-state index contributed by atoms with van der Waals surface area (Å²) < 4.78 is 0. The molecule has 0 radical (unpaired) electrons. The highest BCUT2D eigenvalue weighted by atomic mass is 15.1.